The van der Waals surface area contributed by atoms with E-state index in [9.17, 15) is 0 Å². The summed E-state index contributed by atoms with van der Waals surface area (Å²) in [6.07, 6.45) is 5.27. The van der Waals surface area contributed by atoms with Crippen molar-refractivity contribution in [1.82, 2.24) is 14.8 Å². The number of nitrogens with one attached hydrogen (secondary N) is 1. The third-order valence-corrected chi connectivity index (χ3v) is 4.15. The number of nitrogens with two attached hydrogens (primary N) is 1. The van der Waals surface area contributed by atoms with Crippen LogP contribution in [0.4, 0.5) is 0 Å². The van der Waals surface area contributed by atoms with E-state index in [2.05, 4.69) is 40.1 Å². The first-order chi connectivity index (χ1) is 9.88. The smallest absolute Gasteiger partial charge is 0.0719 e. The first-order valence-electron chi connectivity index (χ1n) is 7.23. The van der Waals surface area contributed by atoms with E-state index < -0.39 is 0 Å². The molecule has 4 rings (SSSR count). The highest BCUT2D eigenvalue weighted by Crippen LogP contribution is 2.36. The SMILES string of the molecule is NCCc1nn2c(c1-c1c[nH]c3ccccc13)CCC2. The summed E-state index contributed by atoms with van der Waals surface area (Å²) >= 11 is 0. The average Bonchev–Trinajstić information content (AvgIpc) is 3.13. The van der Waals surface area contributed by atoms with Crippen LogP contribution in [0.15, 0.2) is 30.5 Å². The van der Waals surface area contributed by atoms with Gasteiger partial charge in [0.15, 0.2) is 0 Å². The second kappa shape index (κ2) is 4.49. The minimum atomic E-state index is 0.645. The van der Waals surface area contributed by atoms with Crippen LogP contribution >= 0.6 is 0 Å². The average molecular weight is 266 g/mol. The number of nitrogens with zero attached hydrogens (tertiary/aromatic N) is 2. The molecular weight excluding hydrogens is 248 g/mol. The van der Waals surface area contributed by atoms with E-state index in [0.717, 1.165) is 25.1 Å². The number of hydrogen-bond acceptors (Lipinski definition) is 2. The summed E-state index contributed by atoms with van der Waals surface area (Å²) in [5, 5.41) is 6.04. The Morgan fingerprint density at radius 2 is 2.20 bits per heavy atom. The first-order valence-corrected chi connectivity index (χ1v) is 7.23. The molecular formula is C16H18N4. The second-order valence-electron chi connectivity index (χ2n) is 5.38. The zero-order chi connectivity index (χ0) is 13.5. The van der Waals surface area contributed by atoms with Crippen molar-refractivity contribution in [1.29, 1.82) is 0 Å². The molecule has 3 N–H and O–H groups in total. The molecule has 0 unspecified atom stereocenters. The van der Waals surface area contributed by atoms with Crippen molar-refractivity contribution in [2.45, 2.75) is 25.8 Å². The molecule has 0 fully saturated rings. The standard InChI is InChI=1S/C16H18N4/c17-8-7-14-16(15-6-3-9-20(15)19-14)12-10-18-13-5-2-1-4-11(12)13/h1-2,4-5,10,18H,3,6-9,17H2. The molecule has 20 heavy (non-hydrogen) atoms. The summed E-state index contributed by atoms with van der Waals surface area (Å²) in [5.41, 5.74) is 12.0. The highest BCUT2D eigenvalue weighted by atomic mass is 15.3. The molecule has 1 aliphatic rings. The van der Waals surface area contributed by atoms with E-state index >= 15 is 0 Å². The molecule has 0 radical (unpaired) electrons. The minimum absolute atomic E-state index is 0.645. The minimum Gasteiger partial charge on any atom is -0.361 e. The van der Waals surface area contributed by atoms with Crippen LogP contribution in [0.5, 0.6) is 0 Å². The molecule has 0 aliphatic carbocycles. The summed E-state index contributed by atoms with van der Waals surface area (Å²) in [6.45, 7) is 1.68. The van der Waals surface area contributed by atoms with Gasteiger partial charge >= 0.3 is 0 Å². The Hall–Kier alpha value is -2.07. The third-order valence-electron chi connectivity index (χ3n) is 4.15. The molecule has 1 aliphatic heterocycles. The molecule has 0 saturated heterocycles. The van der Waals surface area contributed by atoms with Gasteiger partial charge < -0.3 is 10.7 Å². The molecule has 0 atom stereocenters. The molecule has 102 valence electrons. The van der Waals surface area contributed by atoms with Gasteiger partial charge in [-0.25, -0.2) is 0 Å². The lowest BCUT2D eigenvalue weighted by Gasteiger charge is -2.03. The summed E-state index contributed by atoms with van der Waals surface area (Å²) in [6, 6.07) is 8.44. The van der Waals surface area contributed by atoms with Crippen LogP contribution in [-0.4, -0.2) is 21.3 Å². The van der Waals surface area contributed by atoms with Crippen LogP contribution < -0.4 is 5.73 Å². The lowest BCUT2D eigenvalue weighted by Crippen LogP contribution is -2.05. The molecule has 2 aromatic heterocycles. The monoisotopic (exact) mass is 266 g/mol. The summed E-state index contributed by atoms with van der Waals surface area (Å²) in [4.78, 5) is 3.37. The third kappa shape index (κ3) is 1.61. The Bertz CT molecular complexity index is 766. The van der Waals surface area contributed by atoms with Crippen molar-refractivity contribution >= 4 is 10.9 Å². The van der Waals surface area contributed by atoms with Crippen LogP contribution in [0.3, 0.4) is 0 Å². The van der Waals surface area contributed by atoms with E-state index in [1.165, 1.54) is 34.1 Å². The number of aromatic nitrogens is 3. The molecule has 0 bridgehead atoms. The normalized spacial score (nSPS) is 14.1. The maximum Gasteiger partial charge on any atom is 0.0719 e. The largest absolute Gasteiger partial charge is 0.361 e. The van der Waals surface area contributed by atoms with E-state index in [0.29, 0.717) is 6.54 Å². The zero-order valence-electron chi connectivity index (χ0n) is 11.4. The molecule has 3 aromatic rings. The maximum absolute atomic E-state index is 5.76. The predicted octanol–water partition coefficient (Wildman–Crippen LogP) is 2.48. The zero-order valence-corrected chi connectivity index (χ0v) is 11.4. The topological polar surface area (TPSA) is 59.6 Å². The van der Waals surface area contributed by atoms with Crippen molar-refractivity contribution in [3.8, 4) is 11.1 Å². The van der Waals surface area contributed by atoms with Crippen molar-refractivity contribution < 1.29 is 0 Å². The Morgan fingerprint density at radius 1 is 1.30 bits per heavy atom. The van der Waals surface area contributed by atoms with Gasteiger partial charge in [0.05, 0.1) is 5.69 Å². The Morgan fingerprint density at radius 3 is 3.10 bits per heavy atom. The van der Waals surface area contributed by atoms with Crippen molar-refractivity contribution in [3.63, 3.8) is 0 Å². The predicted molar refractivity (Wildman–Crippen MR) is 80.6 cm³/mol. The van der Waals surface area contributed by atoms with Crippen LogP contribution in [0.2, 0.25) is 0 Å². The number of hydrogen-bond donors (Lipinski definition) is 2. The van der Waals surface area contributed by atoms with Crippen LogP contribution in [0.1, 0.15) is 17.8 Å². The fourth-order valence-corrected chi connectivity index (χ4v) is 3.29. The summed E-state index contributed by atoms with van der Waals surface area (Å²) in [7, 11) is 0. The van der Waals surface area contributed by atoms with Crippen molar-refractivity contribution in [3.05, 3.63) is 41.9 Å². The molecule has 4 nitrogen and oxygen atoms in total. The van der Waals surface area contributed by atoms with Gasteiger partial charge in [0.2, 0.25) is 0 Å². The van der Waals surface area contributed by atoms with Gasteiger partial charge in [-0.05, 0) is 25.5 Å². The fraction of sp³-hybridized carbons (Fsp3) is 0.312. The van der Waals surface area contributed by atoms with E-state index in [-0.39, 0.29) is 0 Å². The number of aryl methyl sites for hydroxylation is 1. The quantitative estimate of drug-likeness (QED) is 0.765. The van der Waals surface area contributed by atoms with Gasteiger partial charge in [-0.2, -0.15) is 5.10 Å². The number of para-hydroxylation sites is 1. The molecule has 4 heteroatoms. The van der Waals surface area contributed by atoms with E-state index in [1.807, 2.05) is 0 Å². The van der Waals surface area contributed by atoms with Gasteiger partial charge in [-0.1, -0.05) is 18.2 Å². The number of fused-ring (bicyclic) bond motifs is 2. The van der Waals surface area contributed by atoms with Gasteiger partial charge in [-0.3, -0.25) is 4.68 Å². The van der Waals surface area contributed by atoms with Gasteiger partial charge in [0.25, 0.3) is 0 Å². The second-order valence-corrected chi connectivity index (χ2v) is 5.38. The molecule has 1 aromatic carbocycles. The Kier molecular flexibility index (Phi) is 2.63. The van der Waals surface area contributed by atoms with Crippen LogP contribution in [-0.2, 0) is 19.4 Å². The molecule has 0 amide bonds. The number of H-pyrrole nitrogens is 1. The van der Waals surface area contributed by atoms with Gasteiger partial charge in [-0.15, -0.1) is 0 Å². The molecule has 3 heterocycles. The van der Waals surface area contributed by atoms with Gasteiger partial charge in [0.1, 0.15) is 0 Å². The van der Waals surface area contributed by atoms with Gasteiger partial charge in [0, 0.05) is 46.9 Å². The number of rotatable bonds is 3. The van der Waals surface area contributed by atoms with E-state index in [1.54, 1.807) is 0 Å². The summed E-state index contributed by atoms with van der Waals surface area (Å²) < 4.78 is 2.17. The molecule has 0 saturated carbocycles. The maximum atomic E-state index is 5.76. The number of aromatic amines is 1. The highest BCUT2D eigenvalue weighted by molar-refractivity contribution is 5.96. The fourth-order valence-electron chi connectivity index (χ4n) is 3.29. The van der Waals surface area contributed by atoms with E-state index in [4.69, 9.17) is 10.8 Å². The number of benzene rings is 1. The Balaban J connectivity index is 1.97. The molecule has 0 spiro atoms. The Labute approximate surface area is 117 Å². The lowest BCUT2D eigenvalue weighted by atomic mass is 9.99. The van der Waals surface area contributed by atoms with Crippen molar-refractivity contribution in [2.24, 2.45) is 5.73 Å². The van der Waals surface area contributed by atoms with Crippen LogP contribution in [0.25, 0.3) is 22.0 Å². The van der Waals surface area contributed by atoms with Crippen LogP contribution in [0, 0.1) is 0 Å². The highest BCUT2D eigenvalue weighted by Gasteiger charge is 2.23. The lowest BCUT2D eigenvalue weighted by molar-refractivity contribution is 0.643. The summed E-state index contributed by atoms with van der Waals surface area (Å²) in [5.74, 6) is 0. The van der Waals surface area contributed by atoms with Crippen molar-refractivity contribution in [2.75, 3.05) is 6.54 Å². The first kappa shape index (κ1) is 11.7.